The molecule has 1 aliphatic heterocycles. The highest BCUT2D eigenvalue weighted by atomic mass is 35.5. The topological polar surface area (TPSA) is 82.5 Å². The number of carbonyl (C=O) groups excluding carboxylic acids is 2. The highest BCUT2D eigenvalue weighted by Crippen LogP contribution is 2.23. The van der Waals surface area contributed by atoms with Gasteiger partial charge < -0.3 is 10.6 Å². The monoisotopic (exact) mass is 432 g/mol. The first-order chi connectivity index (χ1) is 14.3. The number of aromatic nitrogens is 2. The lowest BCUT2D eigenvalue weighted by Crippen LogP contribution is -2.51. The molecule has 3 rings (SSSR count). The van der Waals surface area contributed by atoms with Crippen LogP contribution in [-0.4, -0.2) is 76.7 Å². The minimum atomic E-state index is -0.0772. The summed E-state index contributed by atoms with van der Waals surface area (Å²) in [5.41, 5.74) is 1.71. The molecule has 1 aromatic heterocycles. The first-order valence-electron chi connectivity index (χ1n) is 10.1. The third-order valence-corrected chi connectivity index (χ3v) is 5.19. The number of aryl methyl sites for hydroxylation is 1. The average Bonchev–Trinajstić information content (AvgIpc) is 3.03. The third-order valence-electron chi connectivity index (χ3n) is 4.94. The van der Waals surface area contributed by atoms with Gasteiger partial charge in [-0.2, -0.15) is 5.10 Å². The van der Waals surface area contributed by atoms with Crippen LogP contribution in [-0.2, 0) is 16.6 Å². The number of amides is 2. The Morgan fingerprint density at radius 3 is 2.17 bits per heavy atom. The van der Waals surface area contributed by atoms with Gasteiger partial charge in [0.25, 0.3) is 0 Å². The number of hydrogen-bond donors (Lipinski definition) is 2. The van der Waals surface area contributed by atoms with Gasteiger partial charge in [0.2, 0.25) is 11.8 Å². The molecule has 1 saturated heterocycles. The van der Waals surface area contributed by atoms with E-state index in [-0.39, 0.29) is 17.9 Å². The molecule has 0 spiro atoms. The van der Waals surface area contributed by atoms with Crippen LogP contribution >= 0.6 is 11.6 Å². The first-order valence-corrected chi connectivity index (χ1v) is 10.5. The minimum Gasteiger partial charge on any atom is -0.353 e. The Kier molecular flexibility index (Phi) is 7.47. The van der Waals surface area contributed by atoms with E-state index in [1.54, 1.807) is 11.7 Å². The highest BCUT2D eigenvalue weighted by Gasteiger charge is 2.21. The van der Waals surface area contributed by atoms with Crippen LogP contribution in [0.15, 0.2) is 30.3 Å². The molecule has 162 valence electrons. The van der Waals surface area contributed by atoms with Gasteiger partial charge >= 0.3 is 0 Å². The number of anilines is 1. The predicted octanol–water partition coefficient (Wildman–Crippen LogP) is 1.82. The smallest absolute Gasteiger partial charge is 0.239 e. The number of benzene rings is 1. The van der Waals surface area contributed by atoms with Crippen LogP contribution < -0.4 is 10.6 Å². The summed E-state index contributed by atoms with van der Waals surface area (Å²) in [6.45, 7) is 7.67. The van der Waals surface area contributed by atoms with E-state index in [9.17, 15) is 9.59 Å². The Labute approximate surface area is 182 Å². The van der Waals surface area contributed by atoms with Crippen molar-refractivity contribution < 1.29 is 9.59 Å². The van der Waals surface area contributed by atoms with Crippen molar-refractivity contribution in [3.8, 4) is 11.3 Å². The molecular formula is C21H29ClN6O2. The zero-order chi connectivity index (χ0) is 21.7. The Balaban J connectivity index is 1.47. The zero-order valence-corrected chi connectivity index (χ0v) is 18.4. The summed E-state index contributed by atoms with van der Waals surface area (Å²) < 4.78 is 1.66. The Hall–Kier alpha value is -2.42. The molecule has 30 heavy (non-hydrogen) atoms. The molecule has 2 amide bonds. The van der Waals surface area contributed by atoms with Gasteiger partial charge in [0.1, 0.15) is 5.82 Å². The lowest BCUT2D eigenvalue weighted by molar-refractivity contribution is -0.124. The van der Waals surface area contributed by atoms with Gasteiger partial charge in [0.15, 0.2) is 0 Å². The van der Waals surface area contributed by atoms with Crippen molar-refractivity contribution in [2.75, 3.05) is 44.6 Å². The van der Waals surface area contributed by atoms with Crippen LogP contribution in [0.1, 0.15) is 13.8 Å². The summed E-state index contributed by atoms with van der Waals surface area (Å²) >= 11 is 5.94. The van der Waals surface area contributed by atoms with Gasteiger partial charge in [-0.1, -0.05) is 23.7 Å². The van der Waals surface area contributed by atoms with Crippen LogP contribution in [0.5, 0.6) is 0 Å². The highest BCUT2D eigenvalue weighted by molar-refractivity contribution is 6.30. The number of halogens is 1. The van der Waals surface area contributed by atoms with Crippen molar-refractivity contribution in [3.63, 3.8) is 0 Å². The summed E-state index contributed by atoms with van der Waals surface area (Å²) in [6, 6.07) is 9.43. The van der Waals surface area contributed by atoms with E-state index in [0.29, 0.717) is 23.9 Å². The maximum atomic E-state index is 12.5. The maximum Gasteiger partial charge on any atom is 0.239 e. The second-order valence-electron chi connectivity index (χ2n) is 7.87. The fraction of sp³-hybridized carbons (Fsp3) is 0.476. The van der Waals surface area contributed by atoms with E-state index in [1.165, 1.54) is 0 Å². The molecule has 1 fully saturated rings. The Morgan fingerprint density at radius 2 is 1.60 bits per heavy atom. The molecule has 0 saturated carbocycles. The predicted molar refractivity (Wildman–Crippen MR) is 118 cm³/mol. The summed E-state index contributed by atoms with van der Waals surface area (Å²) in [5.74, 6) is 0.615. The van der Waals surface area contributed by atoms with Crippen molar-refractivity contribution in [2.24, 2.45) is 7.05 Å². The molecule has 0 unspecified atom stereocenters. The summed E-state index contributed by atoms with van der Waals surface area (Å²) in [5, 5.41) is 11.0. The molecule has 9 heteroatoms. The molecular weight excluding hydrogens is 404 g/mol. The second kappa shape index (κ2) is 10.1. The van der Waals surface area contributed by atoms with E-state index in [2.05, 4.69) is 25.5 Å². The summed E-state index contributed by atoms with van der Waals surface area (Å²) in [6.07, 6.45) is 0. The lowest BCUT2D eigenvalue weighted by atomic mass is 10.1. The van der Waals surface area contributed by atoms with Crippen molar-refractivity contribution in [2.45, 2.75) is 19.9 Å². The molecule has 0 aliphatic carbocycles. The fourth-order valence-electron chi connectivity index (χ4n) is 3.41. The number of hydrogen-bond acceptors (Lipinski definition) is 5. The number of nitrogens with one attached hydrogen (secondary N) is 2. The maximum absolute atomic E-state index is 12.5. The quantitative estimate of drug-likeness (QED) is 0.697. The standard InChI is InChI=1S/C21H29ClN6O2/c1-15(2)23-20(29)13-27-8-10-28(11-9-27)14-21(30)24-19-12-18(25-26(19)3)16-4-6-17(22)7-5-16/h4-7,12,15H,8-11,13-14H2,1-3H3,(H,23,29)(H,24,30). The molecule has 8 nitrogen and oxygen atoms in total. The van der Waals surface area contributed by atoms with Crippen LogP contribution in [0.4, 0.5) is 5.82 Å². The van der Waals surface area contributed by atoms with Gasteiger partial charge in [-0.05, 0) is 26.0 Å². The Morgan fingerprint density at radius 1 is 1.03 bits per heavy atom. The molecule has 1 aliphatic rings. The zero-order valence-electron chi connectivity index (χ0n) is 17.7. The number of rotatable bonds is 7. The molecule has 2 N–H and O–H groups in total. The summed E-state index contributed by atoms with van der Waals surface area (Å²) in [7, 11) is 1.80. The number of piperazine rings is 1. The molecule has 1 aromatic carbocycles. The first kappa shape index (κ1) is 22.3. The largest absolute Gasteiger partial charge is 0.353 e. The van der Waals surface area contributed by atoms with Crippen molar-refractivity contribution in [1.82, 2.24) is 24.9 Å². The van der Waals surface area contributed by atoms with Gasteiger partial charge in [0, 0.05) is 55.9 Å². The lowest BCUT2D eigenvalue weighted by Gasteiger charge is -2.33. The Bertz CT molecular complexity index is 872. The van der Waals surface area contributed by atoms with E-state index >= 15 is 0 Å². The van der Waals surface area contributed by atoms with Gasteiger partial charge in [-0.15, -0.1) is 0 Å². The van der Waals surface area contributed by atoms with E-state index in [0.717, 1.165) is 37.4 Å². The molecule has 0 atom stereocenters. The van der Waals surface area contributed by atoms with Gasteiger partial charge in [-0.3, -0.25) is 24.1 Å². The van der Waals surface area contributed by atoms with Crippen molar-refractivity contribution in [3.05, 3.63) is 35.4 Å². The third kappa shape index (κ3) is 6.29. The second-order valence-corrected chi connectivity index (χ2v) is 8.30. The van der Waals surface area contributed by atoms with Crippen LogP contribution in [0.3, 0.4) is 0 Å². The van der Waals surface area contributed by atoms with Crippen molar-refractivity contribution >= 4 is 29.2 Å². The van der Waals surface area contributed by atoms with Crippen molar-refractivity contribution in [1.29, 1.82) is 0 Å². The van der Waals surface area contributed by atoms with Gasteiger partial charge in [0.05, 0.1) is 18.8 Å². The molecule has 0 bridgehead atoms. The fourth-order valence-corrected chi connectivity index (χ4v) is 3.53. The summed E-state index contributed by atoms with van der Waals surface area (Å²) in [4.78, 5) is 28.6. The van der Waals surface area contributed by atoms with Crippen LogP contribution in [0.2, 0.25) is 5.02 Å². The molecule has 0 radical (unpaired) electrons. The van der Waals surface area contributed by atoms with Gasteiger partial charge in [-0.25, -0.2) is 0 Å². The normalized spacial score (nSPS) is 15.4. The van der Waals surface area contributed by atoms with E-state index in [1.807, 2.05) is 44.2 Å². The number of carbonyl (C=O) groups is 2. The van der Waals surface area contributed by atoms with Crippen LogP contribution in [0.25, 0.3) is 11.3 Å². The van der Waals surface area contributed by atoms with E-state index in [4.69, 9.17) is 11.6 Å². The number of nitrogens with zero attached hydrogens (tertiary/aromatic N) is 4. The minimum absolute atomic E-state index is 0.0453. The average molecular weight is 433 g/mol. The van der Waals surface area contributed by atoms with Crippen LogP contribution in [0, 0.1) is 0 Å². The molecule has 2 heterocycles. The SMILES string of the molecule is CC(C)NC(=O)CN1CCN(CC(=O)Nc2cc(-c3ccc(Cl)cc3)nn2C)CC1. The van der Waals surface area contributed by atoms with E-state index < -0.39 is 0 Å². The molecule has 2 aromatic rings.